The lowest BCUT2D eigenvalue weighted by molar-refractivity contribution is 0.0422. The molecular weight excluding hydrogens is 305 g/mol. The van der Waals surface area contributed by atoms with Gasteiger partial charge >= 0.3 is 7.82 Å². The molecule has 0 spiro atoms. The maximum Gasteiger partial charge on any atom is 0.472 e. The molecule has 0 radical (unpaired) electrons. The number of nitrogens with one attached hydrogen (secondary N) is 1. The standard InChI is InChI=1S/C9H10N5O6P/c10-9-13-7-5(8(16)14-9)12-3(1-11-7)6(15)4-2-19-21(17,18)20-4/h1,4,6,15H,2H2,(H,17,18)(H3,10,11,13,14,16)/t4?,6-/m0/s1. The van der Waals surface area contributed by atoms with Gasteiger partial charge in [0.2, 0.25) is 5.95 Å². The number of aromatic amines is 1. The predicted octanol–water partition coefficient (Wildman–Crippen LogP) is -1.16. The third kappa shape index (κ3) is 2.64. The van der Waals surface area contributed by atoms with Crippen molar-refractivity contribution < 1.29 is 23.6 Å². The average molecular weight is 315 g/mol. The summed E-state index contributed by atoms with van der Waals surface area (Å²) in [5.41, 5.74) is 4.64. The van der Waals surface area contributed by atoms with Crippen molar-refractivity contribution in [3.8, 4) is 0 Å². The summed E-state index contributed by atoms with van der Waals surface area (Å²) in [6.45, 7) is -0.287. The van der Waals surface area contributed by atoms with E-state index in [2.05, 4.69) is 29.0 Å². The molecule has 0 bridgehead atoms. The van der Waals surface area contributed by atoms with E-state index in [9.17, 15) is 14.5 Å². The van der Waals surface area contributed by atoms with E-state index >= 15 is 0 Å². The van der Waals surface area contributed by atoms with Gasteiger partial charge in [-0.2, -0.15) is 4.98 Å². The first-order valence-corrected chi connectivity index (χ1v) is 7.21. The number of rotatable bonds is 2. The maximum atomic E-state index is 11.7. The molecular formula is C9H10N5O6P. The lowest BCUT2D eigenvalue weighted by Gasteiger charge is -2.14. The number of phosphoric acid groups is 1. The van der Waals surface area contributed by atoms with Gasteiger partial charge in [0.15, 0.2) is 11.2 Å². The van der Waals surface area contributed by atoms with Crippen LogP contribution in [0.3, 0.4) is 0 Å². The number of fused-ring (bicyclic) bond motifs is 1. The van der Waals surface area contributed by atoms with Crippen molar-refractivity contribution in [2.45, 2.75) is 12.2 Å². The van der Waals surface area contributed by atoms with Crippen LogP contribution >= 0.6 is 7.82 Å². The Kier molecular flexibility index (Phi) is 3.23. The van der Waals surface area contributed by atoms with Crippen LogP contribution in [-0.4, -0.2) is 42.6 Å². The Hall–Kier alpha value is -1.91. The largest absolute Gasteiger partial charge is 0.472 e. The van der Waals surface area contributed by atoms with Crippen molar-refractivity contribution in [3.63, 3.8) is 0 Å². The number of aromatic nitrogens is 4. The predicted molar refractivity (Wildman–Crippen MR) is 68.0 cm³/mol. The molecule has 3 atom stereocenters. The van der Waals surface area contributed by atoms with Gasteiger partial charge in [-0.25, -0.2) is 14.5 Å². The molecule has 1 aliphatic rings. The van der Waals surface area contributed by atoms with Crippen LogP contribution in [-0.2, 0) is 13.6 Å². The second kappa shape index (κ2) is 4.83. The molecule has 11 nitrogen and oxygen atoms in total. The molecule has 0 amide bonds. The van der Waals surface area contributed by atoms with Crippen molar-refractivity contribution in [2.75, 3.05) is 12.3 Å². The van der Waals surface area contributed by atoms with Gasteiger partial charge < -0.3 is 15.7 Å². The van der Waals surface area contributed by atoms with Gasteiger partial charge in [-0.05, 0) is 0 Å². The quantitative estimate of drug-likeness (QED) is 0.495. The summed E-state index contributed by atoms with van der Waals surface area (Å²) in [5, 5.41) is 10.1. The number of hydrogen-bond acceptors (Lipinski definition) is 9. The fourth-order valence-electron chi connectivity index (χ4n) is 1.83. The Balaban J connectivity index is 1.98. The van der Waals surface area contributed by atoms with Crippen LogP contribution in [0, 0.1) is 0 Å². The molecule has 0 aliphatic carbocycles. The third-order valence-corrected chi connectivity index (χ3v) is 3.79. The monoisotopic (exact) mass is 315 g/mol. The summed E-state index contributed by atoms with van der Waals surface area (Å²) in [4.78, 5) is 34.6. The second-order valence-electron chi connectivity index (χ2n) is 4.27. The van der Waals surface area contributed by atoms with Gasteiger partial charge in [0, 0.05) is 0 Å². The van der Waals surface area contributed by atoms with E-state index in [1.165, 1.54) is 6.20 Å². The van der Waals surface area contributed by atoms with E-state index in [1.54, 1.807) is 0 Å². The molecule has 1 aliphatic heterocycles. The summed E-state index contributed by atoms with van der Waals surface area (Å²) >= 11 is 0. The van der Waals surface area contributed by atoms with E-state index in [1.807, 2.05) is 0 Å². The lowest BCUT2D eigenvalue weighted by atomic mass is 10.1. The zero-order chi connectivity index (χ0) is 15.2. The van der Waals surface area contributed by atoms with Gasteiger partial charge in [-0.15, -0.1) is 0 Å². The van der Waals surface area contributed by atoms with Gasteiger partial charge in [0.1, 0.15) is 12.2 Å². The minimum Gasteiger partial charge on any atom is -0.384 e. The van der Waals surface area contributed by atoms with Gasteiger partial charge in [-0.1, -0.05) is 0 Å². The fraction of sp³-hybridized carbons (Fsp3) is 0.333. The Morgan fingerprint density at radius 2 is 2.29 bits per heavy atom. The molecule has 1 saturated heterocycles. The topological polar surface area (TPSA) is 174 Å². The first kappa shape index (κ1) is 14.0. The van der Waals surface area contributed by atoms with Gasteiger partial charge in [0.25, 0.3) is 5.56 Å². The molecule has 5 N–H and O–H groups in total. The fourth-order valence-corrected chi connectivity index (χ4v) is 2.74. The minimum absolute atomic E-state index is 0.0172. The normalized spacial score (nSPS) is 27.0. The van der Waals surface area contributed by atoms with Gasteiger partial charge in [-0.3, -0.25) is 18.8 Å². The van der Waals surface area contributed by atoms with E-state index in [0.717, 1.165) is 0 Å². The minimum atomic E-state index is -4.14. The molecule has 2 aromatic rings. The molecule has 3 heterocycles. The Labute approximate surface area is 116 Å². The van der Waals surface area contributed by atoms with Crippen LogP contribution < -0.4 is 11.3 Å². The van der Waals surface area contributed by atoms with Crippen molar-refractivity contribution in [1.82, 2.24) is 19.9 Å². The number of nitrogens with zero attached hydrogens (tertiary/aromatic N) is 3. The number of H-pyrrole nitrogens is 1. The Bertz CT molecular complexity index is 809. The van der Waals surface area contributed by atoms with E-state index in [0.29, 0.717) is 0 Å². The SMILES string of the molecule is Nc1nc2ncc([C@H](O)C3COP(=O)(O)O3)nc2c(=O)[nH]1. The van der Waals surface area contributed by atoms with Crippen molar-refractivity contribution in [2.24, 2.45) is 0 Å². The Morgan fingerprint density at radius 1 is 1.52 bits per heavy atom. The van der Waals surface area contributed by atoms with Crippen molar-refractivity contribution >= 4 is 24.9 Å². The molecule has 0 saturated carbocycles. The number of nitrogen functional groups attached to an aromatic ring is 1. The average Bonchev–Trinajstić information content (AvgIpc) is 2.78. The lowest BCUT2D eigenvalue weighted by Crippen LogP contribution is -2.22. The molecule has 3 rings (SSSR count). The highest BCUT2D eigenvalue weighted by molar-refractivity contribution is 7.47. The first-order valence-electron chi connectivity index (χ1n) is 5.72. The highest BCUT2D eigenvalue weighted by atomic mass is 31.2. The summed E-state index contributed by atoms with van der Waals surface area (Å²) in [6.07, 6.45) is -1.31. The van der Waals surface area contributed by atoms with Crippen LogP contribution in [0.15, 0.2) is 11.0 Å². The number of nitrogens with two attached hydrogens (primary N) is 1. The summed E-state index contributed by atoms with van der Waals surface area (Å²) in [7, 11) is -4.14. The van der Waals surface area contributed by atoms with Crippen LogP contribution in [0.25, 0.3) is 11.2 Å². The highest BCUT2D eigenvalue weighted by Gasteiger charge is 2.40. The highest BCUT2D eigenvalue weighted by Crippen LogP contribution is 2.51. The first-order chi connectivity index (χ1) is 9.85. The van der Waals surface area contributed by atoms with Crippen molar-refractivity contribution in [3.05, 3.63) is 22.2 Å². The van der Waals surface area contributed by atoms with E-state index in [-0.39, 0.29) is 29.4 Å². The number of phosphoric ester groups is 1. The van der Waals surface area contributed by atoms with Crippen LogP contribution in [0.5, 0.6) is 0 Å². The third-order valence-electron chi connectivity index (χ3n) is 2.78. The Morgan fingerprint density at radius 3 is 2.95 bits per heavy atom. The molecule has 2 unspecified atom stereocenters. The zero-order valence-corrected chi connectivity index (χ0v) is 11.2. The smallest absolute Gasteiger partial charge is 0.384 e. The van der Waals surface area contributed by atoms with Gasteiger partial charge in [0.05, 0.1) is 18.5 Å². The number of hydrogen-bond donors (Lipinski definition) is 4. The number of aliphatic hydroxyl groups excluding tert-OH is 1. The molecule has 1 fully saturated rings. The van der Waals surface area contributed by atoms with E-state index in [4.69, 9.17) is 10.6 Å². The summed E-state index contributed by atoms with van der Waals surface area (Å²) < 4.78 is 20.3. The summed E-state index contributed by atoms with van der Waals surface area (Å²) in [5.74, 6) is -0.108. The molecule has 21 heavy (non-hydrogen) atoms. The number of anilines is 1. The maximum absolute atomic E-state index is 11.7. The molecule has 0 aromatic carbocycles. The van der Waals surface area contributed by atoms with Crippen molar-refractivity contribution in [1.29, 1.82) is 0 Å². The molecule has 2 aromatic heterocycles. The van der Waals surface area contributed by atoms with Crippen LogP contribution in [0.1, 0.15) is 11.8 Å². The van der Waals surface area contributed by atoms with E-state index < -0.39 is 25.6 Å². The molecule has 12 heteroatoms. The van der Waals surface area contributed by atoms with Crippen LogP contribution in [0.4, 0.5) is 5.95 Å². The summed E-state index contributed by atoms with van der Waals surface area (Å²) in [6, 6.07) is 0. The molecule has 112 valence electrons. The van der Waals surface area contributed by atoms with Crippen LogP contribution in [0.2, 0.25) is 0 Å². The second-order valence-corrected chi connectivity index (χ2v) is 5.68. The number of aliphatic hydroxyl groups is 1. The zero-order valence-electron chi connectivity index (χ0n) is 10.3.